The largest absolute Gasteiger partial charge is 0.460 e. The van der Waals surface area contributed by atoms with Gasteiger partial charge in [-0.3, -0.25) is 9.78 Å². The fourth-order valence-electron chi connectivity index (χ4n) is 1.80. The number of pyridine rings is 1. The van der Waals surface area contributed by atoms with Crippen LogP contribution in [-0.2, 0) is 0 Å². The molecule has 0 bridgehead atoms. The van der Waals surface area contributed by atoms with Crippen molar-refractivity contribution >= 4 is 16.6 Å². The molecule has 0 aliphatic carbocycles. The van der Waals surface area contributed by atoms with E-state index in [9.17, 15) is 4.79 Å². The average molecular weight is 223 g/mol. The molecular weight excluding hydrogens is 214 g/mol. The van der Waals surface area contributed by atoms with Crippen LogP contribution in [0.1, 0.15) is 16.1 Å². The van der Waals surface area contributed by atoms with Gasteiger partial charge in [0.25, 0.3) is 0 Å². The second-order valence-corrected chi connectivity index (χ2v) is 3.72. The number of nitrogens with zero attached hydrogens (tertiary/aromatic N) is 1. The first-order chi connectivity index (χ1) is 8.36. The summed E-state index contributed by atoms with van der Waals surface area (Å²) in [5.41, 5.74) is 0.583. The highest BCUT2D eigenvalue weighted by Gasteiger charge is 2.15. The SMILES string of the molecule is O=C(c1ccncc1)c1occ2ccccc12. The van der Waals surface area contributed by atoms with Gasteiger partial charge in [-0.15, -0.1) is 0 Å². The van der Waals surface area contributed by atoms with E-state index in [2.05, 4.69) is 4.98 Å². The number of benzene rings is 1. The second-order valence-electron chi connectivity index (χ2n) is 3.72. The Hall–Kier alpha value is -2.42. The molecule has 0 N–H and O–H groups in total. The van der Waals surface area contributed by atoms with Crippen molar-refractivity contribution < 1.29 is 9.21 Å². The summed E-state index contributed by atoms with van der Waals surface area (Å²) < 4.78 is 5.36. The molecule has 2 aromatic heterocycles. The predicted octanol–water partition coefficient (Wildman–Crippen LogP) is 3.06. The van der Waals surface area contributed by atoms with Gasteiger partial charge in [0.2, 0.25) is 5.78 Å². The fourth-order valence-corrected chi connectivity index (χ4v) is 1.80. The molecule has 3 rings (SSSR count). The van der Waals surface area contributed by atoms with Crippen LogP contribution in [-0.4, -0.2) is 10.8 Å². The normalized spacial score (nSPS) is 10.6. The van der Waals surface area contributed by atoms with E-state index in [-0.39, 0.29) is 5.78 Å². The molecular formula is C14H9NO2. The molecule has 0 unspecified atom stereocenters. The minimum atomic E-state index is -0.117. The Morgan fingerprint density at radius 2 is 1.82 bits per heavy atom. The Bertz CT molecular complexity index is 671. The lowest BCUT2D eigenvalue weighted by atomic mass is 10.1. The van der Waals surface area contributed by atoms with Crippen LogP contribution in [0.3, 0.4) is 0 Å². The zero-order valence-electron chi connectivity index (χ0n) is 8.96. The lowest BCUT2D eigenvalue weighted by Crippen LogP contribution is -1.99. The van der Waals surface area contributed by atoms with E-state index in [1.165, 1.54) is 0 Å². The van der Waals surface area contributed by atoms with Crippen LogP contribution in [0.5, 0.6) is 0 Å². The van der Waals surface area contributed by atoms with E-state index in [4.69, 9.17) is 4.42 Å². The van der Waals surface area contributed by atoms with Gasteiger partial charge in [-0.1, -0.05) is 24.3 Å². The van der Waals surface area contributed by atoms with Crippen LogP contribution in [0.25, 0.3) is 10.8 Å². The van der Waals surface area contributed by atoms with Crippen molar-refractivity contribution in [3.05, 3.63) is 66.4 Å². The topological polar surface area (TPSA) is 43.1 Å². The number of carbonyl (C=O) groups excluding carboxylic acids is 1. The summed E-state index contributed by atoms with van der Waals surface area (Å²) in [6, 6.07) is 11.0. The number of fused-ring (bicyclic) bond motifs is 1. The molecule has 0 atom stereocenters. The maximum atomic E-state index is 12.2. The highest BCUT2D eigenvalue weighted by Crippen LogP contribution is 2.22. The fraction of sp³-hybridized carbons (Fsp3) is 0. The minimum Gasteiger partial charge on any atom is -0.460 e. The molecule has 3 aromatic rings. The third-order valence-electron chi connectivity index (χ3n) is 2.66. The molecule has 2 heterocycles. The van der Waals surface area contributed by atoms with E-state index >= 15 is 0 Å². The highest BCUT2D eigenvalue weighted by molar-refractivity contribution is 6.14. The molecule has 0 amide bonds. The summed E-state index contributed by atoms with van der Waals surface area (Å²) in [7, 11) is 0. The van der Waals surface area contributed by atoms with Crippen LogP contribution in [0.15, 0.2) is 59.5 Å². The monoisotopic (exact) mass is 223 g/mol. The van der Waals surface area contributed by atoms with E-state index in [0.717, 1.165) is 10.8 Å². The van der Waals surface area contributed by atoms with Gasteiger partial charge in [0.05, 0.1) is 6.26 Å². The predicted molar refractivity (Wildman–Crippen MR) is 63.9 cm³/mol. The first-order valence-corrected chi connectivity index (χ1v) is 5.27. The number of rotatable bonds is 2. The standard InChI is InChI=1S/C14H9NO2/c16-13(10-5-7-15-8-6-10)14-12-4-2-1-3-11(12)9-17-14/h1-9H. The average Bonchev–Trinajstić information content (AvgIpc) is 2.83. The minimum absolute atomic E-state index is 0.117. The molecule has 0 aliphatic rings. The van der Waals surface area contributed by atoms with Crippen molar-refractivity contribution in [2.75, 3.05) is 0 Å². The summed E-state index contributed by atoms with van der Waals surface area (Å²) in [6.45, 7) is 0. The van der Waals surface area contributed by atoms with Crippen LogP contribution in [0, 0.1) is 0 Å². The number of hydrogen-bond donors (Lipinski definition) is 0. The van der Waals surface area contributed by atoms with Gasteiger partial charge in [0.1, 0.15) is 0 Å². The zero-order chi connectivity index (χ0) is 11.7. The van der Waals surface area contributed by atoms with E-state index in [1.54, 1.807) is 30.8 Å². The number of furan rings is 1. The molecule has 1 aromatic carbocycles. The van der Waals surface area contributed by atoms with E-state index in [1.807, 2.05) is 24.3 Å². The summed E-state index contributed by atoms with van der Waals surface area (Å²) in [5.74, 6) is 0.264. The van der Waals surface area contributed by atoms with Gasteiger partial charge >= 0.3 is 0 Å². The zero-order valence-corrected chi connectivity index (χ0v) is 8.96. The lowest BCUT2D eigenvalue weighted by molar-refractivity contribution is 0.101. The van der Waals surface area contributed by atoms with Crippen LogP contribution in [0.4, 0.5) is 0 Å². The van der Waals surface area contributed by atoms with Gasteiger partial charge in [0.15, 0.2) is 5.76 Å². The molecule has 82 valence electrons. The lowest BCUT2D eigenvalue weighted by Gasteiger charge is -1.97. The van der Waals surface area contributed by atoms with Crippen LogP contribution < -0.4 is 0 Å². The Kier molecular flexibility index (Phi) is 2.22. The summed E-state index contributed by atoms with van der Waals surface area (Å²) in [5, 5.41) is 1.78. The number of aromatic nitrogens is 1. The summed E-state index contributed by atoms with van der Waals surface area (Å²) >= 11 is 0. The Morgan fingerprint density at radius 1 is 1.06 bits per heavy atom. The van der Waals surface area contributed by atoms with Gasteiger partial charge in [-0.05, 0) is 12.1 Å². The van der Waals surface area contributed by atoms with Crippen molar-refractivity contribution in [3.63, 3.8) is 0 Å². The third kappa shape index (κ3) is 1.61. The van der Waals surface area contributed by atoms with Crippen molar-refractivity contribution in [1.82, 2.24) is 4.98 Å². The van der Waals surface area contributed by atoms with Crippen LogP contribution >= 0.6 is 0 Å². The highest BCUT2D eigenvalue weighted by atomic mass is 16.3. The Morgan fingerprint density at radius 3 is 2.65 bits per heavy atom. The molecule has 0 saturated heterocycles. The van der Waals surface area contributed by atoms with Crippen LogP contribution in [0.2, 0.25) is 0 Å². The quantitative estimate of drug-likeness (QED) is 0.627. The van der Waals surface area contributed by atoms with E-state index < -0.39 is 0 Å². The molecule has 0 spiro atoms. The van der Waals surface area contributed by atoms with Crippen molar-refractivity contribution in [2.24, 2.45) is 0 Å². The van der Waals surface area contributed by atoms with E-state index in [0.29, 0.717) is 11.3 Å². The van der Waals surface area contributed by atoms with Crippen molar-refractivity contribution in [1.29, 1.82) is 0 Å². The second kappa shape index (κ2) is 3.87. The first kappa shape index (κ1) is 9.78. The summed E-state index contributed by atoms with van der Waals surface area (Å²) in [4.78, 5) is 16.1. The first-order valence-electron chi connectivity index (χ1n) is 5.27. The molecule has 0 radical (unpaired) electrons. The van der Waals surface area contributed by atoms with Crippen molar-refractivity contribution in [2.45, 2.75) is 0 Å². The van der Waals surface area contributed by atoms with Gasteiger partial charge < -0.3 is 4.42 Å². The molecule has 0 saturated carbocycles. The molecule has 3 nitrogen and oxygen atoms in total. The molecule has 3 heteroatoms. The van der Waals surface area contributed by atoms with Gasteiger partial charge in [-0.25, -0.2) is 0 Å². The maximum absolute atomic E-state index is 12.2. The maximum Gasteiger partial charge on any atom is 0.228 e. The summed E-state index contributed by atoms with van der Waals surface area (Å²) in [6.07, 6.45) is 4.79. The van der Waals surface area contributed by atoms with Gasteiger partial charge in [0, 0.05) is 28.7 Å². The smallest absolute Gasteiger partial charge is 0.228 e. The Balaban J connectivity index is 2.14. The van der Waals surface area contributed by atoms with Gasteiger partial charge in [-0.2, -0.15) is 0 Å². The Labute approximate surface area is 97.7 Å². The third-order valence-corrected chi connectivity index (χ3v) is 2.66. The number of carbonyl (C=O) groups is 1. The number of hydrogen-bond acceptors (Lipinski definition) is 3. The molecule has 0 fully saturated rings. The molecule has 17 heavy (non-hydrogen) atoms. The number of ketones is 1. The molecule has 0 aliphatic heterocycles. The van der Waals surface area contributed by atoms with Crippen molar-refractivity contribution in [3.8, 4) is 0 Å².